The third kappa shape index (κ3) is 5.98. The molecule has 4 N–H and O–H groups in total. The van der Waals surface area contributed by atoms with Crippen LogP contribution < -0.4 is 20.4 Å². The molecule has 0 radical (unpaired) electrons. The lowest BCUT2D eigenvalue weighted by Crippen LogP contribution is -2.36. The van der Waals surface area contributed by atoms with Crippen LogP contribution in [0.3, 0.4) is 0 Å². The number of nitrogens with zero attached hydrogens (tertiary/aromatic N) is 4. The van der Waals surface area contributed by atoms with Gasteiger partial charge in [0, 0.05) is 38.0 Å². The molecule has 1 aromatic carbocycles. The number of fused-ring (bicyclic) bond motifs is 1. The van der Waals surface area contributed by atoms with Crippen molar-refractivity contribution in [2.75, 3.05) is 48.3 Å². The summed E-state index contributed by atoms with van der Waals surface area (Å²) in [6.07, 6.45) is 4.28. The highest BCUT2D eigenvalue weighted by atomic mass is 32.2. The van der Waals surface area contributed by atoms with Crippen LogP contribution in [0.4, 0.5) is 16.6 Å². The van der Waals surface area contributed by atoms with Crippen molar-refractivity contribution < 1.29 is 23.2 Å². The highest BCUT2D eigenvalue weighted by Gasteiger charge is 2.22. The number of carbonyl (C=O) groups is 1. The second-order valence-electron chi connectivity index (χ2n) is 8.46. The minimum Gasteiger partial charge on any atom is -0.378 e. The van der Waals surface area contributed by atoms with Crippen molar-refractivity contribution >= 4 is 60.2 Å². The van der Waals surface area contributed by atoms with Crippen LogP contribution in [0.1, 0.15) is 5.56 Å². The number of hydrogen-bond acceptors (Lipinski definition) is 11. The summed E-state index contributed by atoms with van der Waals surface area (Å²) in [7, 11) is -2.11. The molecule has 39 heavy (non-hydrogen) atoms. The third-order valence-electron chi connectivity index (χ3n) is 5.90. The lowest BCUT2D eigenvalue weighted by molar-refractivity contribution is -0.124. The largest absolute Gasteiger partial charge is 0.378 e. The molecule has 12 nitrogen and oxygen atoms in total. The fourth-order valence-corrected chi connectivity index (χ4v) is 6.21. The Morgan fingerprint density at radius 1 is 1.13 bits per heavy atom. The molecule has 4 heterocycles. The lowest BCUT2D eigenvalue weighted by Gasteiger charge is -2.28. The van der Waals surface area contributed by atoms with Gasteiger partial charge in [-0.15, -0.1) is 11.3 Å². The number of carbonyl (C=O) groups excluding carboxylic acids is 1. The van der Waals surface area contributed by atoms with Crippen molar-refractivity contribution in [1.82, 2.24) is 20.4 Å². The number of hydroxylamine groups is 1. The second kappa shape index (κ2) is 11.3. The number of benzene rings is 1. The van der Waals surface area contributed by atoms with E-state index >= 15 is 0 Å². The number of rotatable bonds is 8. The Hall–Kier alpha value is -4.11. The minimum absolute atomic E-state index is 0.0552. The van der Waals surface area contributed by atoms with E-state index in [1.807, 2.05) is 12.1 Å². The first-order valence-electron chi connectivity index (χ1n) is 11.9. The fraction of sp³-hybridized carbons (Fsp3) is 0.200. The number of ether oxygens (including phenoxy) is 1. The Kier molecular flexibility index (Phi) is 7.70. The molecule has 3 aromatic heterocycles. The molecule has 1 saturated heterocycles. The predicted molar refractivity (Wildman–Crippen MR) is 149 cm³/mol. The monoisotopic (exact) mass is 567 g/mol. The standard InChI is InChI=1S/C25H25N7O5S2/c1-26-20-8-5-17(15-27-20)24-28-19-14-22(38-23(19)25(29-24)32-10-12-37-13-11-32)31-39(35,36)18-6-2-16(3-7-18)4-9-21(33)30-34/h2-9,14-15,31,34H,10-13H2,1H3,(H,26,27)(H,30,33)/b9-4+. The zero-order chi connectivity index (χ0) is 27.4. The van der Waals surface area contributed by atoms with E-state index in [1.165, 1.54) is 35.0 Å². The van der Waals surface area contributed by atoms with Gasteiger partial charge in [0.15, 0.2) is 11.6 Å². The maximum Gasteiger partial charge on any atom is 0.267 e. The van der Waals surface area contributed by atoms with Gasteiger partial charge in [-0.2, -0.15) is 0 Å². The molecule has 1 amide bonds. The van der Waals surface area contributed by atoms with Gasteiger partial charge in [0.05, 0.1) is 28.3 Å². The summed E-state index contributed by atoms with van der Waals surface area (Å²) in [5, 5.41) is 12.0. The first kappa shape index (κ1) is 26.5. The van der Waals surface area contributed by atoms with Crippen LogP contribution in [-0.4, -0.2) is 67.8 Å². The predicted octanol–water partition coefficient (Wildman–Crippen LogP) is 2.95. The maximum atomic E-state index is 13.1. The number of thiophene rings is 1. The van der Waals surface area contributed by atoms with Crippen LogP contribution in [0.25, 0.3) is 27.7 Å². The summed E-state index contributed by atoms with van der Waals surface area (Å²) in [6.45, 7) is 2.45. The molecule has 5 rings (SSSR count). The Morgan fingerprint density at radius 3 is 2.56 bits per heavy atom. The summed E-state index contributed by atoms with van der Waals surface area (Å²) in [5.41, 5.74) is 3.44. The van der Waals surface area contributed by atoms with Crippen molar-refractivity contribution in [3.63, 3.8) is 0 Å². The second-order valence-corrected chi connectivity index (χ2v) is 11.2. The van der Waals surface area contributed by atoms with Crippen molar-refractivity contribution in [1.29, 1.82) is 0 Å². The van der Waals surface area contributed by atoms with Crippen LogP contribution in [0.5, 0.6) is 0 Å². The Balaban J connectivity index is 1.47. The van der Waals surface area contributed by atoms with Crippen LogP contribution >= 0.6 is 11.3 Å². The van der Waals surface area contributed by atoms with Crippen LogP contribution in [0.2, 0.25) is 0 Å². The van der Waals surface area contributed by atoms with Gasteiger partial charge in [-0.25, -0.2) is 28.8 Å². The zero-order valence-electron chi connectivity index (χ0n) is 20.8. The first-order chi connectivity index (χ1) is 18.9. The fourth-order valence-electron chi connectivity index (χ4n) is 3.92. The third-order valence-corrected chi connectivity index (χ3v) is 8.45. The van der Waals surface area contributed by atoms with Gasteiger partial charge in [-0.05, 0) is 42.0 Å². The smallest absolute Gasteiger partial charge is 0.267 e. The summed E-state index contributed by atoms with van der Waals surface area (Å²) >= 11 is 1.26. The molecule has 1 aliphatic heterocycles. The molecule has 0 unspecified atom stereocenters. The van der Waals surface area contributed by atoms with Crippen LogP contribution in [-0.2, 0) is 19.6 Å². The van der Waals surface area contributed by atoms with Crippen LogP contribution in [0.15, 0.2) is 59.6 Å². The van der Waals surface area contributed by atoms with Gasteiger partial charge >= 0.3 is 0 Å². The molecule has 4 aromatic rings. The zero-order valence-corrected chi connectivity index (χ0v) is 22.4. The minimum atomic E-state index is -3.90. The molecular weight excluding hydrogens is 542 g/mol. The topological polar surface area (TPSA) is 159 Å². The molecule has 0 aliphatic carbocycles. The van der Waals surface area contributed by atoms with Gasteiger partial charge in [0.25, 0.3) is 15.9 Å². The van der Waals surface area contributed by atoms with Crippen molar-refractivity contribution in [2.45, 2.75) is 4.90 Å². The molecule has 14 heteroatoms. The van der Waals surface area contributed by atoms with E-state index in [2.05, 4.69) is 19.9 Å². The molecule has 1 fully saturated rings. The van der Waals surface area contributed by atoms with Crippen molar-refractivity contribution in [3.8, 4) is 11.4 Å². The normalized spacial score (nSPS) is 14.1. The lowest BCUT2D eigenvalue weighted by atomic mass is 10.2. The number of nitrogens with one attached hydrogen (secondary N) is 3. The van der Waals surface area contributed by atoms with Gasteiger partial charge in [0.2, 0.25) is 0 Å². The molecular formula is C25H25N7O5S2. The highest BCUT2D eigenvalue weighted by Crippen LogP contribution is 2.37. The molecule has 0 saturated carbocycles. The number of amides is 1. The molecule has 1 aliphatic rings. The van der Waals surface area contributed by atoms with Crippen LogP contribution in [0, 0.1) is 0 Å². The van der Waals surface area contributed by atoms with E-state index in [0.717, 1.165) is 28.0 Å². The Morgan fingerprint density at radius 2 is 1.90 bits per heavy atom. The summed E-state index contributed by atoms with van der Waals surface area (Å²) < 4.78 is 35.2. The maximum absolute atomic E-state index is 13.1. The highest BCUT2D eigenvalue weighted by molar-refractivity contribution is 7.93. The summed E-state index contributed by atoms with van der Waals surface area (Å²) in [4.78, 5) is 27.3. The molecule has 0 spiro atoms. The van der Waals surface area contributed by atoms with E-state index in [1.54, 1.807) is 31.4 Å². The number of morpholine rings is 1. The van der Waals surface area contributed by atoms with Gasteiger partial charge in [-0.1, -0.05) is 12.1 Å². The molecule has 0 bridgehead atoms. The van der Waals surface area contributed by atoms with E-state index in [-0.39, 0.29) is 4.90 Å². The van der Waals surface area contributed by atoms with Crippen molar-refractivity contribution in [2.24, 2.45) is 0 Å². The SMILES string of the molecule is CNc1ccc(-c2nc(N3CCOCC3)c3sc(NS(=O)(=O)c4ccc(/C=C/C(=O)NO)cc4)cc3n2)cn1. The molecule has 0 atom stereocenters. The average molecular weight is 568 g/mol. The van der Waals surface area contributed by atoms with Gasteiger partial charge in [0.1, 0.15) is 10.8 Å². The van der Waals surface area contributed by atoms with E-state index in [9.17, 15) is 13.2 Å². The summed E-state index contributed by atoms with van der Waals surface area (Å²) in [5.74, 6) is 1.24. The van der Waals surface area contributed by atoms with E-state index in [0.29, 0.717) is 48.2 Å². The Bertz CT molecular complexity index is 1620. The van der Waals surface area contributed by atoms with Crippen molar-refractivity contribution in [3.05, 3.63) is 60.3 Å². The number of pyridine rings is 1. The summed E-state index contributed by atoms with van der Waals surface area (Å²) in [6, 6.07) is 11.4. The quantitative estimate of drug-likeness (QED) is 0.142. The number of hydrogen-bond donors (Lipinski definition) is 4. The average Bonchev–Trinajstić information content (AvgIpc) is 3.37. The van der Waals surface area contributed by atoms with Gasteiger partial charge < -0.3 is 15.0 Å². The Labute approximate surface area is 228 Å². The van der Waals surface area contributed by atoms with Gasteiger partial charge in [-0.3, -0.25) is 14.7 Å². The number of anilines is 3. The number of sulfonamides is 1. The number of aromatic nitrogens is 3. The van der Waals surface area contributed by atoms with E-state index < -0.39 is 15.9 Å². The first-order valence-corrected chi connectivity index (χ1v) is 14.2. The van der Waals surface area contributed by atoms with E-state index in [4.69, 9.17) is 19.9 Å². The molecule has 202 valence electrons.